The van der Waals surface area contributed by atoms with Crippen molar-refractivity contribution in [2.45, 2.75) is 38.5 Å². The minimum absolute atomic E-state index is 0.389. The van der Waals surface area contributed by atoms with E-state index in [4.69, 9.17) is 0 Å². The second-order valence-corrected chi connectivity index (χ2v) is 7.75. The molecule has 0 amide bonds. The van der Waals surface area contributed by atoms with Gasteiger partial charge in [0.05, 0.1) is 12.2 Å². The van der Waals surface area contributed by atoms with E-state index < -0.39 is 0 Å². The molecule has 0 radical (unpaired) electrons. The normalized spacial score (nSPS) is 20.1. The van der Waals surface area contributed by atoms with Crippen molar-refractivity contribution in [3.8, 4) is 0 Å². The van der Waals surface area contributed by atoms with Gasteiger partial charge in [0.1, 0.15) is 0 Å². The zero-order valence-electron chi connectivity index (χ0n) is 17.2. The summed E-state index contributed by atoms with van der Waals surface area (Å²) >= 11 is 0. The number of rotatable bonds is 5. The largest absolute Gasteiger partial charge is 0.352 e. The molecule has 0 spiro atoms. The average molecular weight is 388 g/mol. The van der Waals surface area contributed by atoms with E-state index in [1.807, 2.05) is 19.3 Å². The van der Waals surface area contributed by atoms with Crippen LogP contribution in [0.15, 0.2) is 71.9 Å². The van der Waals surface area contributed by atoms with E-state index in [0.717, 1.165) is 31.2 Å². The molecule has 0 bridgehead atoms. The van der Waals surface area contributed by atoms with Crippen molar-refractivity contribution in [1.29, 1.82) is 0 Å². The zero-order valence-corrected chi connectivity index (χ0v) is 17.2. The minimum Gasteiger partial charge on any atom is -0.352 e. The van der Waals surface area contributed by atoms with Gasteiger partial charge in [0.15, 0.2) is 5.96 Å². The molecule has 0 saturated carbocycles. The first-order valence-electron chi connectivity index (χ1n) is 10.3. The first-order valence-corrected chi connectivity index (χ1v) is 10.3. The highest BCUT2D eigenvalue weighted by atomic mass is 15.3. The van der Waals surface area contributed by atoms with Gasteiger partial charge in [0.25, 0.3) is 0 Å². The highest BCUT2D eigenvalue weighted by molar-refractivity contribution is 5.85. The highest BCUT2D eigenvalue weighted by Crippen LogP contribution is 2.20. The second kappa shape index (κ2) is 9.05. The maximum Gasteiger partial charge on any atom is 0.191 e. The Bertz CT molecular complexity index is 964. The summed E-state index contributed by atoms with van der Waals surface area (Å²) in [5.41, 5.74) is 2.40. The van der Waals surface area contributed by atoms with Crippen molar-refractivity contribution in [3.05, 3.63) is 78.1 Å². The van der Waals surface area contributed by atoms with Gasteiger partial charge >= 0.3 is 0 Å². The van der Waals surface area contributed by atoms with Gasteiger partial charge in [-0.3, -0.25) is 14.9 Å². The summed E-state index contributed by atoms with van der Waals surface area (Å²) in [6.07, 6.45) is 2.98. The molecule has 4 rings (SSSR count). The SMILES string of the molecule is CN=C(NCc1nccc2ccccc12)NC1CC(C)N(Cc2ccccc2)C1. The Morgan fingerprint density at radius 2 is 1.90 bits per heavy atom. The fraction of sp³-hybridized carbons (Fsp3) is 0.333. The van der Waals surface area contributed by atoms with Crippen molar-refractivity contribution in [2.75, 3.05) is 13.6 Å². The van der Waals surface area contributed by atoms with E-state index in [0.29, 0.717) is 18.6 Å². The van der Waals surface area contributed by atoms with Crippen LogP contribution >= 0.6 is 0 Å². The number of aromatic nitrogens is 1. The third-order valence-corrected chi connectivity index (χ3v) is 5.68. The van der Waals surface area contributed by atoms with E-state index >= 15 is 0 Å². The number of likely N-dealkylation sites (tertiary alicyclic amines) is 1. The number of nitrogens with one attached hydrogen (secondary N) is 2. The van der Waals surface area contributed by atoms with E-state index in [9.17, 15) is 0 Å². The van der Waals surface area contributed by atoms with Gasteiger partial charge in [-0.05, 0) is 30.4 Å². The lowest BCUT2D eigenvalue weighted by Crippen LogP contribution is -2.44. The van der Waals surface area contributed by atoms with E-state index in [1.54, 1.807) is 0 Å². The van der Waals surface area contributed by atoms with Crippen LogP contribution in [0.2, 0.25) is 0 Å². The molecule has 1 aromatic heterocycles. The first kappa shape index (κ1) is 19.4. The molecule has 2 atom stereocenters. The molecule has 2 unspecified atom stereocenters. The van der Waals surface area contributed by atoms with E-state index in [-0.39, 0.29) is 0 Å². The van der Waals surface area contributed by atoms with Crippen LogP contribution in [-0.2, 0) is 13.1 Å². The standard InChI is InChI=1S/C24H29N5/c1-18-14-21(17-29(18)16-19-8-4-3-5-9-19)28-24(25-2)27-15-23-22-11-7-6-10-20(22)12-13-26-23/h3-13,18,21H,14-17H2,1-2H3,(H2,25,27,28). The van der Waals surface area contributed by atoms with Crippen LogP contribution in [0.3, 0.4) is 0 Å². The van der Waals surface area contributed by atoms with Crippen LogP contribution in [0.5, 0.6) is 0 Å². The molecule has 1 saturated heterocycles. The van der Waals surface area contributed by atoms with Crippen LogP contribution in [0.1, 0.15) is 24.6 Å². The molecule has 2 N–H and O–H groups in total. The number of fused-ring (bicyclic) bond motifs is 1. The average Bonchev–Trinajstić information content (AvgIpc) is 3.10. The summed E-state index contributed by atoms with van der Waals surface area (Å²) < 4.78 is 0. The molecule has 1 aliphatic heterocycles. The monoisotopic (exact) mass is 387 g/mol. The topological polar surface area (TPSA) is 52.6 Å². The Kier molecular flexibility index (Phi) is 6.06. The van der Waals surface area contributed by atoms with Gasteiger partial charge in [-0.15, -0.1) is 0 Å². The van der Waals surface area contributed by atoms with Crippen LogP contribution < -0.4 is 10.6 Å². The summed E-state index contributed by atoms with van der Waals surface area (Å²) in [4.78, 5) is 11.5. The smallest absolute Gasteiger partial charge is 0.191 e. The molecule has 2 aromatic carbocycles. The Labute approximate surface area is 172 Å². The quantitative estimate of drug-likeness (QED) is 0.519. The summed E-state index contributed by atoms with van der Waals surface area (Å²) in [6.45, 7) is 4.97. The lowest BCUT2D eigenvalue weighted by molar-refractivity contribution is 0.258. The number of hydrogen-bond donors (Lipinski definition) is 2. The van der Waals surface area contributed by atoms with Gasteiger partial charge in [-0.25, -0.2) is 0 Å². The maximum atomic E-state index is 4.56. The van der Waals surface area contributed by atoms with Crippen LogP contribution in [0, 0.1) is 0 Å². The molecule has 150 valence electrons. The molecule has 2 heterocycles. The number of guanidine groups is 1. The lowest BCUT2D eigenvalue weighted by atomic mass is 10.1. The Morgan fingerprint density at radius 3 is 2.72 bits per heavy atom. The van der Waals surface area contributed by atoms with Gasteiger partial charge in [0.2, 0.25) is 0 Å². The number of aliphatic imine (C=N–C) groups is 1. The highest BCUT2D eigenvalue weighted by Gasteiger charge is 2.29. The first-order chi connectivity index (χ1) is 14.2. The summed E-state index contributed by atoms with van der Waals surface area (Å²) in [6, 6.07) is 22.0. The van der Waals surface area contributed by atoms with E-state index in [2.05, 4.69) is 87.0 Å². The molecule has 3 aromatic rings. The van der Waals surface area contributed by atoms with Gasteiger partial charge in [0, 0.05) is 43.8 Å². The van der Waals surface area contributed by atoms with Crippen LogP contribution in [0.4, 0.5) is 0 Å². The van der Waals surface area contributed by atoms with E-state index in [1.165, 1.54) is 16.3 Å². The number of hydrogen-bond acceptors (Lipinski definition) is 3. The number of benzene rings is 2. The van der Waals surface area contributed by atoms with Gasteiger partial charge in [-0.2, -0.15) is 0 Å². The van der Waals surface area contributed by atoms with Crippen molar-refractivity contribution >= 4 is 16.7 Å². The Hall–Kier alpha value is -2.92. The van der Waals surface area contributed by atoms with Crippen molar-refractivity contribution in [1.82, 2.24) is 20.5 Å². The number of pyridine rings is 1. The third-order valence-electron chi connectivity index (χ3n) is 5.68. The van der Waals surface area contributed by atoms with Crippen LogP contribution in [0.25, 0.3) is 10.8 Å². The predicted octanol–water partition coefficient (Wildman–Crippen LogP) is 3.56. The maximum absolute atomic E-state index is 4.56. The molecule has 1 fully saturated rings. The fourth-order valence-corrected chi connectivity index (χ4v) is 4.12. The number of nitrogens with zero attached hydrogens (tertiary/aromatic N) is 3. The molecule has 29 heavy (non-hydrogen) atoms. The third kappa shape index (κ3) is 4.74. The van der Waals surface area contributed by atoms with Crippen molar-refractivity contribution in [3.63, 3.8) is 0 Å². The van der Waals surface area contributed by atoms with Gasteiger partial charge in [-0.1, -0.05) is 54.6 Å². The molecule has 5 nitrogen and oxygen atoms in total. The molecule has 5 heteroatoms. The Balaban J connectivity index is 1.34. The van der Waals surface area contributed by atoms with Crippen LogP contribution in [-0.4, -0.2) is 41.5 Å². The van der Waals surface area contributed by atoms with Crippen molar-refractivity contribution < 1.29 is 0 Å². The summed E-state index contributed by atoms with van der Waals surface area (Å²) in [7, 11) is 1.83. The lowest BCUT2D eigenvalue weighted by Gasteiger charge is -2.21. The molecular weight excluding hydrogens is 358 g/mol. The zero-order chi connectivity index (χ0) is 20.1. The molecule has 0 aliphatic carbocycles. The second-order valence-electron chi connectivity index (χ2n) is 7.75. The summed E-state index contributed by atoms with van der Waals surface area (Å²) in [5.74, 6) is 0.832. The molecule has 1 aliphatic rings. The Morgan fingerprint density at radius 1 is 1.10 bits per heavy atom. The molecular formula is C24H29N5. The van der Waals surface area contributed by atoms with Crippen molar-refractivity contribution in [2.24, 2.45) is 4.99 Å². The predicted molar refractivity (Wildman–Crippen MR) is 120 cm³/mol. The van der Waals surface area contributed by atoms with Gasteiger partial charge < -0.3 is 10.6 Å². The minimum atomic E-state index is 0.389. The fourth-order valence-electron chi connectivity index (χ4n) is 4.12. The summed E-state index contributed by atoms with van der Waals surface area (Å²) in [5, 5.41) is 9.43.